The van der Waals surface area contributed by atoms with Gasteiger partial charge in [0, 0.05) is 29.4 Å². The summed E-state index contributed by atoms with van der Waals surface area (Å²) in [5.74, 6) is 0.605. The van der Waals surface area contributed by atoms with Gasteiger partial charge in [-0.1, -0.05) is 19.2 Å². The summed E-state index contributed by atoms with van der Waals surface area (Å²) in [6, 6.07) is 2.10. The van der Waals surface area contributed by atoms with E-state index in [4.69, 9.17) is 14.5 Å². The second kappa shape index (κ2) is 5.54. The Labute approximate surface area is 130 Å². The number of aromatic nitrogens is 1. The van der Waals surface area contributed by atoms with E-state index in [1.807, 2.05) is 26.1 Å². The summed E-state index contributed by atoms with van der Waals surface area (Å²) in [5, 5.41) is 0. The van der Waals surface area contributed by atoms with Crippen LogP contribution in [-0.2, 0) is 9.47 Å². The van der Waals surface area contributed by atoms with Gasteiger partial charge < -0.3 is 9.47 Å². The highest BCUT2D eigenvalue weighted by molar-refractivity contribution is 6.15. The zero-order chi connectivity index (χ0) is 15.7. The van der Waals surface area contributed by atoms with Gasteiger partial charge >= 0.3 is 0 Å². The number of ether oxygens (including phenoxy) is 2. The molecule has 1 unspecified atom stereocenters. The molecule has 3 rings (SSSR count). The highest BCUT2D eigenvalue weighted by atomic mass is 16.6. The van der Waals surface area contributed by atoms with Crippen LogP contribution < -0.4 is 0 Å². The maximum Gasteiger partial charge on any atom is 0.226 e. The van der Waals surface area contributed by atoms with Gasteiger partial charge in [0.05, 0.1) is 12.3 Å². The molecule has 1 fully saturated rings. The monoisotopic (exact) mass is 296 g/mol. The molecule has 0 bridgehead atoms. The topological polar surface area (TPSA) is 43.7 Å². The minimum absolute atomic E-state index is 0.454. The van der Waals surface area contributed by atoms with E-state index in [9.17, 15) is 0 Å². The molecule has 3 heterocycles. The molecule has 0 amide bonds. The van der Waals surface area contributed by atoms with Crippen molar-refractivity contribution in [3.05, 3.63) is 65.7 Å². The normalized spacial score (nSPS) is 26.2. The summed E-state index contributed by atoms with van der Waals surface area (Å²) in [6.45, 7) is 13.0. The Morgan fingerprint density at radius 3 is 2.82 bits per heavy atom. The molecule has 1 atom stereocenters. The van der Waals surface area contributed by atoms with Crippen molar-refractivity contribution in [1.29, 1.82) is 0 Å². The molecule has 2 aliphatic rings. The molecular weight excluding hydrogens is 276 g/mol. The average Bonchev–Trinajstić information content (AvgIpc) is 2.93. The zero-order valence-corrected chi connectivity index (χ0v) is 13.1. The summed E-state index contributed by atoms with van der Waals surface area (Å²) in [7, 11) is 0. The molecule has 4 nitrogen and oxygen atoms in total. The van der Waals surface area contributed by atoms with E-state index in [2.05, 4.69) is 24.2 Å². The van der Waals surface area contributed by atoms with Gasteiger partial charge in [0.1, 0.15) is 12.4 Å². The first-order chi connectivity index (χ1) is 10.5. The SMILES string of the molecule is C=C/C=C1\C(=C)OC2(CCOC2)N=C1c1cnc(C)c(C)c1. The number of hydrogen-bond acceptors (Lipinski definition) is 4. The molecule has 114 valence electrons. The van der Waals surface area contributed by atoms with Crippen LogP contribution in [0, 0.1) is 13.8 Å². The lowest BCUT2D eigenvalue weighted by molar-refractivity contribution is 0.00193. The second-order valence-corrected chi connectivity index (χ2v) is 5.68. The van der Waals surface area contributed by atoms with Crippen molar-refractivity contribution in [2.24, 2.45) is 4.99 Å². The molecule has 2 aliphatic heterocycles. The third-order valence-electron chi connectivity index (χ3n) is 4.05. The quantitative estimate of drug-likeness (QED) is 0.841. The fourth-order valence-electron chi connectivity index (χ4n) is 2.69. The van der Waals surface area contributed by atoms with Crippen LogP contribution in [0.3, 0.4) is 0 Å². The van der Waals surface area contributed by atoms with Crippen molar-refractivity contribution in [2.45, 2.75) is 26.0 Å². The van der Waals surface area contributed by atoms with E-state index >= 15 is 0 Å². The second-order valence-electron chi connectivity index (χ2n) is 5.68. The maximum atomic E-state index is 5.96. The van der Waals surface area contributed by atoms with E-state index < -0.39 is 5.72 Å². The third kappa shape index (κ3) is 2.50. The zero-order valence-electron chi connectivity index (χ0n) is 13.1. The molecule has 0 saturated carbocycles. The molecule has 22 heavy (non-hydrogen) atoms. The Kier molecular flexibility index (Phi) is 3.71. The van der Waals surface area contributed by atoms with E-state index in [0.29, 0.717) is 19.0 Å². The maximum absolute atomic E-state index is 5.96. The van der Waals surface area contributed by atoms with Crippen LogP contribution in [0.4, 0.5) is 0 Å². The summed E-state index contributed by atoms with van der Waals surface area (Å²) in [5.41, 5.74) is 4.15. The molecule has 0 aromatic carbocycles. The molecule has 0 radical (unpaired) electrons. The smallest absolute Gasteiger partial charge is 0.226 e. The minimum Gasteiger partial charge on any atom is -0.464 e. The molecule has 4 heteroatoms. The first kappa shape index (κ1) is 14.7. The Morgan fingerprint density at radius 2 is 2.18 bits per heavy atom. The van der Waals surface area contributed by atoms with Crippen molar-refractivity contribution in [1.82, 2.24) is 4.98 Å². The molecule has 0 N–H and O–H groups in total. The summed E-state index contributed by atoms with van der Waals surface area (Å²) < 4.78 is 11.4. The van der Waals surface area contributed by atoms with Gasteiger partial charge in [-0.3, -0.25) is 4.98 Å². The lowest BCUT2D eigenvalue weighted by atomic mass is 9.97. The summed E-state index contributed by atoms with van der Waals surface area (Å²) >= 11 is 0. The molecule has 0 aliphatic carbocycles. The van der Waals surface area contributed by atoms with Gasteiger partial charge in [-0.2, -0.15) is 0 Å². The van der Waals surface area contributed by atoms with Gasteiger partial charge in [-0.15, -0.1) is 0 Å². The lowest BCUT2D eigenvalue weighted by Gasteiger charge is -2.33. The lowest BCUT2D eigenvalue weighted by Crippen LogP contribution is -2.37. The van der Waals surface area contributed by atoms with Gasteiger partial charge in [0.25, 0.3) is 0 Å². The molecule has 1 saturated heterocycles. The molecular formula is C18H20N2O2. The van der Waals surface area contributed by atoms with Crippen LogP contribution in [0.15, 0.2) is 53.9 Å². The predicted octanol–water partition coefficient (Wildman–Crippen LogP) is 3.26. The Hall–Kier alpha value is -2.20. The Morgan fingerprint density at radius 1 is 1.36 bits per heavy atom. The number of aliphatic imine (C=N–C) groups is 1. The predicted molar refractivity (Wildman–Crippen MR) is 86.9 cm³/mol. The first-order valence-electron chi connectivity index (χ1n) is 7.37. The largest absolute Gasteiger partial charge is 0.464 e. The fourth-order valence-corrected chi connectivity index (χ4v) is 2.69. The fraction of sp³-hybridized carbons (Fsp3) is 0.333. The molecule has 1 aromatic rings. The van der Waals surface area contributed by atoms with Crippen molar-refractivity contribution < 1.29 is 9.47 Å². The van der Waals surface area contributed by atoms with Gasteiger partial charge in [0.2, 0.25) is 5.72 Å². The van der Waals surface area contributed by atoms with Crippen LogP contribution in [0.5, 0.6) is 0 Å². The Balaban J connectivity index is 2.15. The van der Waals surface area contributed by atoms with Crippen molar-refractivity contribution in [2.75, 3.05) is 13.2 Å². The van der Waals surface area contributed by atoms with Crippen LogP contribution in [0.1, 0.15) is 23.2 Å². The van der Waals surface area contributed by atoms with Crippen LogP contribution in [0.25, 0.3) is 0 Å². The van der Waals surface area contributed by atoms with Crippen molar-refractivity contribution >= 4 is 5.71 Å². The third-order valence-corrected chi connectivity index (χ3v) is 4.05. The summed E-state index contributed by atoms with van der Waals surface area (Å²) in [4.78, 5) is 9.31. The van der Waals surface area contributed by atoms with E-state index in [-0.39, 0.29) is 0 Å². The first-order valence-corrected chi connectivity index (χ1v) is 7.37. The molecule has 1 aromatic heterocycles. The number of allylic oxidation sites excluding steroid dienone is 3. The van der Waals surface area contributed by atoms with Crippen molar-refractivity contribution in [3.8, 4) is 0 Å². The van der Waals surface area contributed by atoms with Crippen LogP contribution >= 0.6 is 0 Å². The average molecular weight is 296 g/mol. The van der Waals surface area contributed by atoms with Crippen LogP contribution in [-0.4, -0.2) is 29.6 Å². The highest BCUT2D eigenvalue weighted by Crippen LogP contribution is 2.36. The van der Waals surface area contributed by atoms with Gasteiger partial charge in [0.15, 0.2) is 0 Å². The van der Waals surface area contributed by atoms with Crippen LogP contribution in [0.2, 0.25) is 0 Å². The number of pyridine rings is 1. The number of nitrogens with zero attached hydrogens (tertiary/aromatic N) is 2. The van der Waals surface area contributed by atoms with E-state index in [1.165, 1.54) is 0 Å². The Bertz CT molecular complexity index is 695. The van der Waals surface area contributed by atoms with Gasteiger partial charge in [-0.25, -0.2) is 4.99 Å². The number of rotatable bonds is 2. The van der Waals surface area contributed by atoms with E-state index in [0.717, 1.165) is 34.5 Å². The molecule has 1 spiro atoms. The minimum atomic E-state index is -0.649. The van der Waals surface area contributed by atoms with Gasteiger partial charge in [-0.05, 0) is 31.6 Å². The number of hydrogen-bond donors (Lipinski definition) is 0. The van der Waals surface area contributed by atoms with Crippen molar-refractivity contribution in [3.63, 3.8) is 0 Å². The highest BCUT2D eigenvalue weighted by Gasteiger charge is 2.42. The standard InChI is InChI=1S/C18H20N2O2/c1-5-6-16-14(4)22-18(7-8-21-11-18)20-17(16)15-9-12(2)13(3)19-10-15/h5-6,9-10H,1,4,7-8,11H2,2-3H3/b16-6+. The van der Waals surface area contributed by atoms with E-state index in [1.54, 1.807) is 6.08 Å². The summed E-state index contributed by atoms with van der Waals surface area (Å²) in [6.07, 6.45) is 6.17. The number of aryl methyl sites for hydroxylation is 2.